The van der Waals surface area contributed by atoms with E-state index in [-0.39, 0.29) is 6.04 Å². The normalized spacial score (nSPS) is 20.4. The Morgan fingerprint density at radius 1 is 1.33 bits per heavy atom. The van der Waals surface area contributed by atoms with Crippen molar-refractivity contribution in [3.63, 3.8) is 0 Å². The van der Waals surface area contributed by atoms with Crippen LogP contribution in [-0.2, 0) is 0 Å². The number of hydrogen-bond acceptors (Lipinski definition) is 2. The molecular weight excluding hydrogens is 150 g/mol. The molecule has 0 bridgehead atoms. The Kier molecular flexibility index (Phi) is 1.58. The highest BCUT2D eigenvalue weighted by atomic mass is 16.5. The van der Waals surface area contributed by atoms with Crippen molar-refractivity contribution in [2.75, 3.05) is 6.61 Å². The Morgan fingerprint density at radius 3 is 2.75 bits per heavy atom. The summed E-state index contributed by atoms with van der Waals surface area (Å²) in [5.41, 5.74) is 9.54. The van der Waals surface area contributed by atoms with Gasteiger partial charge in [-0.15, -0.1) is 0 Å². The Morgan fingerprint density at radius 2 is 2.00 bits per heavy atom. The first-order chi connectivity index (χ1) is 5.68. The minimum Gasteiger partial charge on any atom is -0.491 e. The summed E-state index contributed by atoms with van der Waals surface area (Å²) in [5, 5.41) is 0. The zero-order chi connectivity index (χ0) is 8.72. The second kappa shape index (κ2) is 2.49. The molecule has 1 heterocycles. The van der Waals surface area contributed by atoms with E-state index in [0.29, 0.717) is 6.61 Å². The summed E-state index contributed by atoms with van der Waals surface area (Å²) in [6.45, 7) is 4.81. The first-order valence-corrected chi connectivity index (χ1v) is 4.18. The van der Waals surface area contributed by atoms with Gasteiger partial charge < -0.3 is 10.5 Å². The molecule has 64 valence electrons. The van der Waals surface area contributed by atoms with Crippen LogP contribution in [0.15, 0.2) is 12.1 Å². The van der Waals surface area contributed by atoms with E-state index in [4.69, 9.17) is 10.5 Å². The van der Waals surface area contributed by atoms with Crippen molar-refractivity contribution in [2.24, 2.45) is 5.73 Å². The van der Waals surface area contributed by atoms with Gasteiger partial charge in [0.2, 0.25) is 0 Å². The number of hydrogen-bond donors (Lipinski definition) is 1. The largest absolute Gasteiger partial charge is 0.491 e. The lowest BCUT2D eigenvalue weighted by Crippen LogP contribution is -2.10. The minimum atomic E-state index is 0.0688. The highest BCUT2D eigenvalue weighted by molar-refractivity contribution is 5.45. The fourth-order valence-corrected chi connectivity index (χ4v) is 1.50. The maximum atomic E-state index is 5.84. The molecule has 0 spiro atoms. The molecule has 1 aliphatic rings. The second-order valence-corrected chi connectivity index (χ2v) is 3.39. The molecule has 2 rings (SSSR count). The van der Waals surface area contributed by atoms with Crippen LogP contribution in [0.4, 0.5) is 0 Å². The lowest BCUT2D eigenvalue weighted by Gasteiger charge is -2.04. The SMILES string of the molecule is Cc1cc2c(cc1C)[C@@H](N)CO2. The van der Waals surface area contributed by atoms with Gasteiger partial charge in [-0.1, -0.05) is 6.07 Å². The Hall–Kier alpha value is -1.02. The fraction of sp³-hybridized carbons (Fsp3) is 0.400. The van der Waals surface area contributed by atoms with E-state index in [1.807, 2.05) is 0 Å². The molecule has 0 aliphatic carbocycles. The fourth-order valence-electron chi connectivity index (χ4n) is 1.50. The van der Waals surface area contributed by atoms with Crippen molar-refractivity contribution in [3.8, 4) is 5.75 Å². The van der Waals surface area contributed by atoms with E-state index in [1.165, 1.54) is 11.1 Å². The van der Waals surface area contributed by atoms with Crippen LogP contribution in [0.1, 0.15) is 22.7 Å². The smallest absolute Gasteiger partial charge is 0.124 e. The van der Waals surface area contributed by atoms with Gasteiger partial charge in [-0.25, -0.2) is 0 Å². The highest BCUT2D eigenvalue weighted by Gasteiger charge is 2.20. The minimum absolute atomic E-state index is 0.0688. The van der Waals surface area contributed by atoms with Crippen molar-refractivity contribution in [2.45, 2.75) is 19.9 Å². The van der Waals surface area contributed by atoms with Gasteiger partial charge in [-0.3, -0.25) is 0 Å². The molecule has 1 atom stereocenters. The summed E-state index contributed by atoms with van der Waals surface area (Å²) >= 11 is 0. The first-order valence-electron chi connectivity index (χ1n) is 4.18. The number of ether oxygens (including phenoxy) is 1. The van der Waals surface area contributed by atoms with Gasteiger partial charge in [-0.05, 0) is 31.0 Å². The molecule has 0 fully saturated rings. The zero-order valence-corrected chi connectivity index (χ0v) is 7.42. The third-order valence-electron chi connectivity index (χ3n) is 2.44. The van der Waals surface area contributed by atoms with Crippen LogP contribution >= 0.6 is 0 Å². The van der Waals surface area contributed by atoms with Crippen molar-refractivity contribution >= 4 is 0 Å². The number of aryl methyl sites for hydroxylation is 2. The monoisotopic (exact) mass is 163 g/mol. The Labute approximate surface area is 72.3 Å². The molecule has 1 aromatic rings. The Balaban J connectivity index is 2.56. The van der Waals surface area contributed by atoms with E-state index in [0.717, 1.165) is 11.3 Å². The molecule has 2 nitrogen and oxygen atoms in total. The van der Waals surface area contributed by atoms with E-state index in [1.54, 1.807) is 0 Å². The molecule has 0 saturated heterocycles. The van der Waals surface area contributed by atoms with Crippen molar-refractivity contribution < 1.29 is 4.74 Å². The molecule has 2 heteroatoms. The second-order valence-electron chi connectivity index (χ2n) is 3.39. The zero-order valence-electron chi connectivity index (χ0n) is 7.42. The molecular formula is C10H13NO. The molecule has 0 amide bonds. The summed E-state index contributed by atoms with van der Waals surface area (Å²) in [5.74, 6) is 0.964. The number of rotatable bonds is 0. The maximum absolute atomic E-state index is 5.84. The van der Waals surface area contributed by atoms with E-state index in [2.05, 4.69) is 26.0 Å². The topological polar surface area (TPSA) is 35.2 Å². The van der Waals surface area contributed by atoms with Gasteiger partial charge in [0.05, 0.1) is 6.04 Å². The molecule has 0 aromatic heterocycles. The quantitative estimate of drug-likeness (QED) is 0.631. The van der Waals surface area contributed by atoms with Gasteiger partial charge >= 0.3 is 0 Å². The Bertz CT molecular complexity index is 320. The average molecular weight is 163 g/mol. The molecule has 1 aliphatic heterocycles. The van der Waals surface area contributed by atoms with E-state index in [9.17, 15) is 0 Å². The average Bonchev–Trinajstić information content (AvgIpc) is 2.35. The molecule has 0 saturated carbocycles. The molecule has 1 aromatic carbocycles. The lowest BCUT2D eigenvalue weighted by atomic mass is 10.0. The van der Waals surface area contributed by atoms with Crippen LogP contribution in [0.25, 0.3) is 0 Å². The summed E-state index contributed by atoms with van der Waals surface area (Å²) < 4.78 is 5.42. The van der Waals surface area contributed by atoms with E-state index >= 15 is 0 Å². The summed E-state index contributed by atoms with van der Waals surface area (Å²) in [6, 6.07) is 4.26. The number of benzene rings is 1. The van der Waals surface area contributed by atoms with Crippen LogP contribution in [0.5, 0.6) is 5.75 Å². The van der Waals surface area contributed by atoms with Crippen molar-refractivity contribution in [1.82, 2.24) is 0 Å². The predicted octanol–water partition coefficient (Wildman–Crippen LogP) is 1.70. The van der Waals surface area contributed by atoms with Gasteiger partial charge in [0, 0.05) is 5.56 Å². The maximum Gasteiger partial charge on any atom is 0.124 e. The van der Waals surface area contributed by atoms with Gasteiger partial charge in [0.1, 0.15) is 12.4 Å². The molecule has 0 unspecified atom stereocenters. The summed E-state index contributed by atoms with van der Waals surface area (Å²) in [4.78, 5) is 0. The highest BCUT2D eigenvalue weighted by Crippen LogP contribution is 2.32. The van der Waals surface area contributed by atoms with Gasteiger partial charge in [-0.2, -0.15) is 0 Å². The third kappa shape index (κ3) is 0.994. The van der Waals surface area contributed by atoms with Crippen molar-refractivity contribution in [3.05, 3.63) is 28.8 Å². The van der Waals surface area contributed by atoms with Crippen LogP contribution < -0.4 is 10.5 Å². The van der Waals surface area contributed by atoms with Crippen LogP contribution in [0.2, 0.25) is 0 Å². The van der Waals surface area contributed by atoms with E-state index < -0.39 is 0 Å². The lowest BCUT2D eigenvalue weighted by molar-refractivity contribution is 0.333. The summed E-state index contributed by atoms with van der Waals surface area (Å²) in [6.07, 6.45) is 0. The third-order valence-corrected chi connectivity index (χ3v) is 2.44. The standard InChI is InChI=1S/C10H13NO/c1-6-3-8-9(11)5-12-10(8)4-7(6)2/h3-4,9H,5,11H2,1-2H3/t9-/m0/s1. The van der Waals surface area contributed by atoms with Crippen LogP contribution in [-0.4, -0.2) is 6.61 Å². The number of nitrogens with two attached hydrogens (primary N) is 1. The van der Waals surface area contributed by atoms with Crippen LogP contribution in [0, 0.1) is 13.8 Å². The number of fused-ring (bicyclic) bond motifs is 1. The van der Waals surface area contributed by atoms with Gasteiger partial charge in [0.15, 0.2) is 0 Å². The van der Waals surface area contributed by atoms with Gasteiger partial charge in [0.25, 0.3) is 0 Å². The first kappa shape index (κ1) is 7.62. The molecule has 0 radical (unpaired) electrons. The molecule has 2 N–H and O–H groups in total. The molecule has 12 heavy (non-hydrogen) atoms. The van der Waals surface area contributed by atoms with Crippen molar-refractivity contribution in [1.29, 1.82) is 0 Å². The summed E-state index contributed by atoms with van der Waals surface area (Å²) in [7, 11) is 0. The predicted molar refractivity (Wildman–Crippen MR) is 48.3 cm³/mol. The van der Waals surface area contributed by atoms with Crippen LogP contribution in [0.3, 0.4) is 0 Å².